The third-order valence-electron chi connectivity index (χ3n) is 2.65. The van der Waals surface area contributed by atoms with E-state index in [4.69, 9.17) is 5.73 Å². The third kappa shape index (κ3) is 3.05. The molecule has 0 amide bonds. The predicted molar refractivity (Wildman–Crippen MR) is 73.4 cm³/mol. The SMILES string of the molecule is Nc1c(CSc2ccc(F)cc2F)cccc1[N+](=O)[O-]. The van der Waals surface area contributed by atoms with E-state index >= 15 is 0 Å². The van der Waals surface area contributed by atoms with E-state index in [0.29, 0.717) is 5.56 Å². The maximum atomic E-state index is 13.5. The molecule has 0 aliphatic heterocycles. The number of thioether (sulfide) groups is 1. The van der Waals surface area contributed by atoms with Gasteiger partial charge in [0.25, 0.3) is 5.69 Å². The maximum absolute atomic E-state index is 13.5. The molecule has 2 aromatic rings. The molecule has 2 N–H and O–H groups in total. The Kier molecular flexibility index (Phi) is 4.19. The van der Waals surface area contributed by atoms with Crippen LogP contribution >= 0.6 is 11.8 Å². The largest absolute Gasteiger partial charge is 0.393 e. The summed E-state index contributed by atoms with van der Waals surface area (Å²) < 4.78 is 26.2. The summed E-state index contributed by atoms with van der Waals surface area (Å²) in [6.45, 7) is 0. The van der Waals surface area contributed by atoms with E-state index in [1.165, 1.54) is 18.2 Å². The number of hydrogen-bond donors (Lipinski definition) is 1. The van der Waals surface area contributed by atoms with E-state index in [0.717, 1.165) is 23.9 Å². The molecule has 0 spiro atoms. The number of nitro benzene ring substituents is 1. The van der Waals surface area contributed by atoms with Crippen molar-refractivity contribution in [3.05, 3.63) is 63.7 Å². The molecule has 20 heavy (non-hydrogen) atoms. The number of nitro groups is 1. The Morgan fingerprint density at radius 1 is 1.25 bits per heavy atom. The second-order valence-electron chi connectivity index (χ2n) is 3.97. The average molecular weight is 296 g/mol. The highest BCUT2D eigenvalue weighted by Gasteiger charge is 2.14. The van der Waals surface area contributed by atoms with Gasteiger partial charge in [0.05, 0.1) is 4.92 Å². The summed E-state index contributed by atoms with van der Waals surface area (Å²) in [6.07, 6.45) is 0. The van der Waals surface area contributed by atoms with Crippen LogP contribution in [0.2, 0.25) is 0 Å². The number of nitrogens with two attached hydrogens (primary N) is 1. The molecule has 4 nitrogen and oxygen atoms in total. The standard InChI is InChI=1S/C13H10F2N2O2S/c14-9-4-5-12(10(15)6-9)20-7-8-2-1-3-11(13(8)16)17(18)19/h1-6H,7,16H2. The molecule has 7 heteroatoms. The van der Waals surface area contributed by atoms with E-state index in [-0.39, 0.29) is 22.0 Å². The number of nitrogen functional groups attached to an aromatic ring is 1. The number of hydrogen-bond acceptors (Lipinski definition) is 4. The summed E-state index contributed by atoms with van der Waals surface area (Å²) >= 11 is 1.10. The maximum Gasteiger partial charge on any atom is 0.292 e. The topological polar surface area (TPSA) is 69.2 Å². The Labute approximate surface area is 117 Å². The van der Waals surface area contributed by atoms with Crippen LogP contribution in [0.25, 0.3) is 0 Å². The third-order valence-corrected chi connectivity index (χ3v) is 3.74. The smallest absolute Gasteiger partial charge is 0.292 e. The molecule has 0 heterocycles. The lowest BCUT2D eigenvalue weighted by Gasteiger charge is -2.06. The summed E-state index contributed by atoms with van der Waals surface area (Å²) in [4.78, 5) is 10.5. The molecule has 0 aliphatic rings. The molecule has 0 saturated carbocycles. The normalized spacial score (nSPS) is 10.5. The van der Waals surface area contributed by atoms with Crippen LogP contribution in [0.15, 0.2) is 41.3 Å². The van der Waals surface area contributed by atoms with E-state index in [1.54, 1.807) is 6.07 Å². The fourth-order valence-corrected chi connectivity index (χ4v) is 2.56. The second kappa shape index (κ2) is 5.87. The Hall–Kier alpha value is -2.15. The van der Waals surface area contributed by atoms with Gasteiger partial charge in [0.15, 0.2) is 0 Å². The van der Waals surface area contributed by atoms with Gasteiger partial charge in [-0.2, -0.15) is 0 Å². The summed E-state index contributed by atoms with van der Waals surface area (Å²) in [5.41, 5.74) is 6.12. The van der Waals surface area contributed by atoms with Crippen molar-refractivity contribution in [2.75, 3.05) is 5.73 Å². The van der Waals surface area contributed by atoms with Crippen LogP contribution in [0.1, 0.15) is 5.56 Å². The predicted octanol–water partition coefficient (Wildman–Crippen LogP) is 3.75. The van der Waals surface area contributed by atoms with Crippen molar-refractivity contribution in [2.45, 2.75) is 10.6 Å². The van der Waals surface area contributed by atoms with Crippen molar-refractivity contribution < 1.29 is 13.7 Å². The van der Waals surface area contributed by atoms with Gasteiger partial charge < -0.3 is 5.73 Å². The molecule has 0 unspecified atom stereocenters. The van der Waals surface area contributed by atoms with Gasteiger partial charge in [-0.1, -0.05) is 12.1 Å². The summed E-state index contributed by atoms with van der Waals surface area (Å²) in [5, 5.41) is 10.8. The van der Waals surface area contributed by atoms with Gasteiger partial charge in [-0.3, -0.25) is 10.1 Å². The molecule has 104 valence electrons. The van der Waals surface area contributed by atoms with Crippen LogP contribution in [-0.2, 0) is 5.75 Å². The average Bonchev–Trinajstić information content (AvgIpc) is 2.39. The van der Waals surface area contributed by atoms with Crippen LogP contribution in [0.5, 0.6) is 0 Å². The van der Waals surface area contributed by atoms with Gasteiger partial charge in [0.2, 0.25) is 0 Å². The minimum Gasteiger partial charge on any atom is -0.393 e. The van der Waals surface area contributed by atoms with Crippen molar-refractivity contribution in [2.24, 2.45) is 0 Å². The fourth-order valence-electron chi connectivity index (χ4n) is 1.63. The monoisotopic (exact) mass is 296 g/mol. The molecule has 0 radical (unpaired) electrons. The van der Waals surface area contributed by atoms with Crippen molar-refractivity contribution in [1.82, 2.24) is 0 Å². The number of halogens is 2. The van der Waals surface area contributed by atoms with Gasteiger partial charge in [0.1, 0.15) is 17.3 Å². The first-order valence-corrected chi connectivity index (χ1v) is 6.57. The lowest BCUT2D eigenvalue weighted by Crippen LogP contribution is -1.99. The fraction of sp³-hybridized carbons (Fsp3) is 0.0769. The molecule has 0 bridgehead atoms. The number of para-hydroxylation sites is 1. The van der Waals surface area contributed by atoms with E-state index < -0.39 is 16.6 Å². The minimum absolute atomic E-state index is 0.0625. The molecule has 0 fully saturated rings. The van der Waals surface area contributed by atoms with E-state index in [1.807, 2.05) is 0 Å². The molecule has 0 aromatic heterocycles. The summed E-state index contributed by atoms with van der Waals surface area (Å²) in [5.74, 6) is -1.06. The Balaban J connectivity index is 2.19. The Morgan fingerprint density at radius 3 is 2.65 bits per heavy atom. The van der Waals surface area contributed by atoms with Crippen LogP contribution in [-0.4, -0.2) is 4.92 Å². The molecule has 2 aromatic carbocycles. The van der Waals surface area contributed by atoms with Crippen molar-refractivity contribution in [1.29, 1.82) is 0 Å². The van der Waals surface area contributed by atoms with Crippen LogP contribution < -0.4 is 5.73 Å². The Morgan fingerprint density at radius 2 is 2.00 bits per heavy atom. The van der Waals surface area contributed by atoms with Crippen LogP contribution in [0.3, 0.4) is 0 Å². The molecular formula is C13H10F2N2O2S. The zero-order valence-corrected chi connectivity index (χ0v) is 11.0. The van der Waals surface area contributed by atoms with Gasteiger partial charge in [0, 0.05) is 22.8 Å². The molecular weight excluding hydrogens is 286 g/mol. The van der Waals surface area contributed by atoms with Crippen molar-refractivity contribution >= 4 is 23.1 Å². The van der Waals surface area contributed by atoms with E-state index in [2.05, 4.69) is 0 Å². The van der Waals surface area contributed by atoms with Gasteiger partial charge in [-0.05, 0) is 17.7 Å². The summed E-state index contributed by atoms with van der Waals surface area (Å²) in [7, 11) is 0. The van der Waals surface area contributed by atoms with Gasteiger partial charge in [-0.25, -0.2) is 8.78 Å². The number of benzene rings is 2. The first-order valence-electron chi connectivity index (χ1n) is 5.58. The highest BCUT2D eigenvalue weighted by atomic mass is 32.2. The number of anilines is 1. The highest BCUT2D eigenvalue weighted by molar-refractivity contribution is 7.98. The Bertz CT molecular complexity index is 665. The molecule has 0 saturated heterocycles. The van der Waals surface area contributed by atoms with Gasteiger partial charge in [-0.15, -0.1) is 11.8 Å². The molecule has 0 atom stereocenters. The first kappa shape index (κ1) is 14.3. The van der Waals surface area contributed by atoms with Crippen LogP contribution in [0.4, 0.5) is 20.2 Å². The second-order valence-corrected chi connectivity index (χ2v) is 4.99. The molecule has 0 aliphatic carbocycles. The lowest BCUT2D eigenvalue weighted by molar-refractivity contribution is -0.383. The number of nitrogens with zero attached hydrogens (tertiary/aromatic N) is 1. The quantitative estimate of drug-likeness (QED) is 0.404. The van der Waals surface area contributed by atoms with E-state index in [9.17, 15) is 18.9 Å². The molecule has 2 rings (SSSR count). The van der Waals surface area contributed by atoms with Crippen LogP contribution in [0, 0.1) is 21.7 Å². The minimum atomic E-state index is -0.668. The van der Waals surface area contributed by atoms with Gasteiger partial charge >= 0.3 is 0 Å². The lowest BCUT2D eigenvalue weighted by atomic mass is 10.2. The zero-order valence-electron chi connectivity index (χ0n) is 10.2. The summed E-state index contributed by atoms with van der Waals surface area (Å²) in [6, 6.07) is 7.73. The first-order chi connectivity index (χ1) is 9.49. The highest BCUT2D eigenvalue weighted by Crippen LogP contribution is 2.31. The van der Waals surface area contributed by atoms with Crippen molar-refractivity contribution in [3.8, 4) is 0 Å². The zero-order chi connectivity index (χ0) is 14.7. The van der Waals surface area contributed by atoms with Crippen molar-refractivity contribution in [3.63, 3.8) is 0 Å². The number of rotatable bonds is 4.